The highest BCUT2D eigenvalue weighted by atomic mass is 16.4. The molecular formula is C8H16N2O3. The van der Waals surface area contributed by atoms with Gasteiger partial charge in [-0.3, -0.25) is 9.59 Å². The maximum atomic E-state index is 10.9. The summed E-state index contributed by atoms with van der Waals surface area (Å²) >= 11 is 0. The van der Waals surface area contributed by atoms with Crippen LogP contribution in [-0.4, -0.2) is 29.6 Å². The van der Waals surface area contributed by atoms with E-state index in [9.17, 15) is 9.59 Å². The van der Waals surface area contributed by atoms with E-state index in [1.54, 1.807) is 13.8 Å². The monoisotopic (exact) mass is 188 g/mol. The zero-order valence-corrected chi connectivity index (χ0v) is 7.91. The van der Waals surface area contributed by atoms with Crippen LogP contribution in [0.1, 0.15) is 20.3 Å². The summed E-state index contributed by atoms with van der Waals surface area (Å²) in [6.45, 7) is 3.69. The van der Waals surface area contributed by atoms with Crippen LogP contribution in [0, 0.1) is 5.92 Å². The quantitative estimate of drug-likeness (QED) is 0.545. The van der Waals surface area contributed by atoms with Crippen molar-refractivity contribution < 1.29 is 14.7 Å². The molecule has 0 radical (unpaired) electrons. The number of aliphatic carboxylic acids is 1. The highest BCUT2D eigenvalue weighted by molar-refractivity contribution is 5.81. The molecule has 0 saturated carbocycles. The molecule has 1 unspecified atom stereocenters. The molecule has 1 amide bonds. The lowest BCUT2D eigenvalue weighted by molar-refractivity contribution is -0.138. The van der Waals surface area contributed by atoms with Gasteiger partial charge in [0.15, 0.2) is 0 Å². The Morgan fingerprint density at radius 3 is 2.38 bits per heavy atom. The third-order valence-electron chi connectivity index (χ3n) is 1.56. The van der Waals surface area contributed by atoms with Crippen molar-refractivity contribution in [3.63, 3.8) is 0 Å². The van der Waals surface area contributed by atoms with E-state index in [4.69, 9.17) is 10.8 Å². The predicted molar refractivity (Wildman–Crippen MR) is 48.1 cm³/mol. The van der Waals surface area contributed by atoms with Gasteiger partial charge in [0, 0.05) is 13.0 Å². The molecule has 0 aliphatic rings. The molecule has 0 aliphatic carbocycles. The lowest BCUT2D eigenvalue weighted by Crippen LogP contribution is -2.40. The molecule has 5 heteroatoms. The van der Waals surface area contributed by atoms with Crippen molar-refractivity contribution in [3.8, 4) is 0 Å². The van der Waals surface area contributed by atoms with Gasteiger partial charge in [0.25, 0.3) is 0 Å². The summed E-state index contributed by atoms with van der Waals surface area (Å²) < 4.78 is 0. The molecule has 0 rings (SSSR count). The molecule has 0 heterocycles. The van der Waals surface area contributed by atoms with Gasteiger partial charge in [-0.2, -0.15) is 0 Å². The molecule has 13 heavy (non-hydrogen) atoms. The van der Waals surface area contributed by atoms with Crippen LogP contribution in [0.3, 0.4) is 0 Å². The van der Waals surface area contributed by atoms with Crippen molar-refractivity contribution in [2.24, 2.45) is 11.7 Å². The Morgan fingerprint density at radius 2 is 2.00 bits per heavy atom. The van der Waals surface area contributed by atoms with Crippen molar-refractivity contribution in [1.82, 2.24) is 5.32 Å². The fourth-order valence-electron chi connectivity index (χ4n) is 0.806. The van der Waals surface area contributed by atoms with Crippen LogP contribution in [0.2, 0.25) is 0 Å². The number of carboxylic acid groups (broad SMARTS) is 1. The van der Waals surface area contributed by atoms with Gasteiger partial charge in [0.1, 0.15) is 0 Å². The molecule has 4 N–H and O–H groups in total. The van der Waals surface area contributed by atoms with Crippen LogP contribution in [-0.2, 0) is 9.59 Å². The number of hydrogen-bond acceptors (Lipinski definition) is 3. The van der Waals surface area contributed by atoms with Crippen LogP contribution >= 0.6 is 0 Å². The number of carbonyl (C=O) groups is 2. The normalized spacial score (nSPS) is 14.7. The van der Waals surface area contributed by atoms with Gasteiger partial charge in [0.05, 0.1) is 6.04 Å². The minimum atomic E-state index is -0.859. The molecule has 0 aliphatic heterocycles. The van der Waals surface area contributed by atoms with Gasteiger partial charge in [-0.05, 0) is 12.8 Å². The minimum absolute atomic E-state index is 0.0548. The Bertz CT molecular complexity index is 192. The molecule has 0 aromatic rings. The summed E-state index contributed by atoms with van der Waals surface area (Å²) in [5, 5.41) is 11.0. The fourth-order valence-corrected chi connectivity index (χ4v) is 0.806. The first-order valence-corrected chi connectivity index (χ1v) is 4.18. The van der Waals surface area contributed by atoms with Gasteiger partial charge >= 0.3 is 5.97 Å². The highest BCUT2D eigenvalue weighted by Crippen LogP contribution is 1.98. The Morgan fingerprint density at radius 1 is 1.46 bits per heavy atom. The van der Waals surface area contributed by atoms with Gasteiger partial charge in [-0.15, -0.1) is 0 Å². The molecule has 76 valence electrons. The molecule has 5 nitrogen and oxygen atoms in total. The summed E-state index contributed by atoms with van der Waals surface area (Å²) in [5.41, 5.74) is 5.30. The number of nitrogens with one attached hydrogen (secondary N) is 1. The average molecular weight is 188 g/mol. The van der Waals surface area contributed by atoms with Crippen molar-refractivity contribution in [1.29, 1.82) is 0 Å². The number of amides is 1. The van der Waals surface area contributed by atoms with E-state index < -0.39 is 12.0 Å². The fraction of sp³-hybridized carbons (Fsp3) is 0.750. The summed E-state index contributed by atoms with van der Waals surface area (Å²) in [6.07, 6.45) is 0.0548. The second-order valence-corrected chi connectivity index (χ2v) is 3.24. The van der Waals surface area contributed by atoms with E-state index in [1.807, 2.05) is 0 Å². The third kappa shape index (κ3) is 6.10. The lowest BCUT2D eigenvalue weighted by atomic mass is 10.1. The first kappa shape index (κ1) is 11.9. The Labute approximate surface area is 77.3 Å². The van der Waals surface area contributed by atoms with Gasteiger partial charge in [-0.1, -0.05) is 6.92 Å². The van der Waals surface area contributed by atoms with Crippen LogP contribution in [0.5, 0.6) is 0 Å². The van der Waals surface area contributed by atoms with Gasteiger partial charge in [0.2, 0.25) is 5.91 Å². The van der Waals surface area contributed by atoms with Crippen LogP contribution in [0.25, 0.3) is 0 Å². The topological polar surface area (TPSA) is 92.4 Å². The Kier molecular flexibility index (Phi) is 5.06. The smallest absolute Gasteiger partial charge is 0.303 e. The van der Waals surface area contributed by atoms with E-state index in [1.165, 1.54) is 0 Å². The van der Waals surface area contributed by atoms with Crippen molar-refractivity contribution in [3.05, 3.63) is 0 Å². The van der Waals surface area contributed by atoms with Crippen molar-refractivity contribution >= 4 is 11.9 Å². The third-order valence-corrected chi connectivity index (χ3v) is 1.56. The summed E-state index contributed by atoms with van der Waals surface area (Å²) in [6, 6.07) is -0.544. The van der Waals surface area contributed by atoms with E-state index >= 15 is 0 Å². The predicted octanol–water partition coefficient (Wildman–Crippen LogP) is -0.439. The zero-order chi connectivity index (χ0) is 10.4. The highest BCUT2D eigenvalue weighted by Gasteiger charge is 2.11. The van der Waals surface area contributed by atoms with Gasteiger partial charge in [-0.25, -0.2) is 0 Å². The molecule has 0 saturated heterocycles. The number of hydrogen-bond donors (Lipinski definition) is 3. The Balaban J connectivity index is 3.63. The SMILES string of the molecule is CC(CNC(=O)[C@@H](C)N)CC(=O)O. The van der Waals surface area contributed by atoms with Crippen molar-refractivity contribution in [2.45, 2.75) is 26.3 Å². The van der Waals surface area contributed by atoms with E-state index in [2.05, 4.69) is 5.32 Å². The van der Waals surface area contributed by atoms with Crippen LogP contribution in [0.15, 0.2) is 0 Å². The summed E-state index contributed by atoms with van der Waals surface area (Å²) in [5.74, 6) is -1.18. The van der Waals surface area contributed by atoms with Crippen LogP contribution < -0.4 is 11.1 Å². The number of carbonyl (C=O) groups excluding carboxylic acids is 1. The number of rotatable bonds is 5. The molecular weight excluding hydrogens is 172 g/mol. The van der Waals surface area contributed by atoms with Crippen molar-refractivity contribution in [2.75, 3.05) is 6.54 Å². The van der Waals surface area contributed by atoms with E-state index in [0.717, 1.165) is 0 Å². The molecule has 0 spiro atoms. The van der Waals surface area contributed by atoms with E-state index in [-0.39, 0.29) is 18.2 Å². The second-order valence-electron chi connectivity index (χ2n) is 3.24. The maximum Gasteiger partial charge on any atom is 0.303 e. The summed E-state index contributed by atoms with van der Waals surface area (Å²) in [7, 11) is 0. The number of carboxylic acids is 1. The first-order chi connectivity index (χ1) is 5.93. The molecule has 2 atom stereocenters. The second kappa shape index (κ2) is 5.53. The minimum Gasteiger partial charge on any atom is -0.481 e. The van der Waals surface area contributed by atoms with Crippen LogP contribution in [0.4, 0.5) is 0 Å². The largest absolute Gasteiger partial charge is 0.481 e. The molecule has 0 aromatic carbocycles. The number of nitrogens with two attached hydrogens (primary N) is 1. The maximum absolute atomic E-state index is 10.9. The van der Waals surface area contributed by atoms with Gasteiger partial charge < -0.3 is 16.2 Å². The zero-order valence-electron chi connectivity index (χ0n) is 7.91. The Hall–Kier alpha value is -1.10. The lowest BCUT2D eigenvalue weighted by Gasteiger charge is -2.11. The standard InChI is InChI=1S/C8H16N2O3/c1-5(3-7(11)12)4-10-8(13)6(2)9/h5-6H,3-4,9H2,1-2H3,(H,10,13)(H,11,12)/t5?,6-/m1/s1. The molecule has 0 bridgehead atoms. The molecule has 0 aromatic heterocycles. The summed E-state index contributed by atoms with van der Waals surface area (Å²) in [4.78, 5) is 21.2. The van der Waals surface area contributed by atoms with E-state index in [0.29, 0.717) is 6.54 Å². The average Bonchev–Trinajstić information content (AvgIpc) is 1.98. The first-order valence-electron chi connectivity index (χ1n) is 4.18. The molecule has 0 fully saturated rings.